The van der Waals surface area contributed by atoms with E-state index in [-0.39, 0.29) is 11.3 Å². The summed E-state index contributed by atoms with van der Waals surface area (Å²) in [4.78, 5) is 21.1. The molecule has 1 N–H and O–H groups in total. The maximum Gasteiger partial charge on any atom is 0.335 e. The van der Waals surface area contributed by atoms with Crippen LogP contribution in [0.25, 0.3) is 0 Å². The predicted molar refractivity (Wildman–Crippen MR) is 71.3 cm³/mol. The highest BCUT2D eigenvalue weighted by molar-refractivity contribution is 5.89. The molecule has 2 aromatic carbocycles. The van der Waals surface area contributed by atoms with Gasteiger partial charge in [-0.3, -0.25) is 10.1 Å². The smallest absolute Gasteiger partial charge is 0.335 e. The Labute approximate surface area is 114 Å². The Balaban J connectivity index is 2.26. The number of nitro benzene ring substituents is 1. The Hall–Kier alpha value is -2.89. The SMILES string of the molecule is Cc1cc(Oc2cccc([N+](=O)[O-])c2)ccc1C(=O)O. The summed E-state index contributed by atoms with van der Waals surface area (Å²) in [6.45, 7) is 1.66. The van der Waals surface area contributed by atoms with Crippen molar-refractivity contribution in [1.29, 1.82) is 0 Å². The quantitative estimate of drug-likeness (QED) is 0.681. The summed E-state index contributed by atoms with van der Waals surface area (Å²) in [6.07, 6.45) is 0. The van der Waals surface area contributed by atoms with Crippen LogP contribution in [0.4, 0.5) is 5.69 Å². The zero-order valence-corrected chi connectivity index (χ0v) is 10.6. The van der Waals surface area contributed by atoms with Crippen LogP contribution in [0.15, 0.2) is 42.5 Å². The number of rotatable bonds is 4. The van der Waals surface area contributed by atoms with E-state index in [0.29, 0.717) is 17.1 Å². The second-order valence-electron chi connectivity index (χ2n) is 4.14. The average Bonchev–Trinajstić information content (AvgIpc) is 2.38. The molecular formula is C14H11NO5. The average molecular weight is 273 g/mol. The molecule has 0 amide bonds. The molecule has 20 heavy (non-hydrogen) atoms. The van der Waals surface area contributed by atoms with Gasteiger partial charge < -0.3 is 9.84 Å². The highest BCUT2D eigenvalue weighted by Gasteiger charge is 2.10. The summed E-state index contributed by atoms with van der Waals surface area (Å²) >= 11 is 0. The van der Waals surface area contributed by atoms with Crippen LogP contribution in [0.2, 0.25) is 0 Å². The van der Waals surface area contributed by atoms with Gasteiger partial charge in [-0.2, -0.15) is 0 Å². The van der Waals surface area contributed by atoms with Gasteiger partial charge in [0.2, 0.25) is 0 Å². The summed E-state index contributed by atoms with van der Waals surface area (Å²) in [5.74, 6) is -0.265. The number of aromatic carboxylic acids is 1. The van der Waals surface area contributed by atoms with Crippen molar-refractivity contribution >= 4 is 11.7 Å². The molecule has 6 nitrogen and oxygen atoms in total. The van der Waals surface area contributed by atoms with Gasteiger partial charge in [0.1, 0.15) is 11.5 Å². The van der Waals surface area contributed by atoms with Gasteiger partial charge in [-0.1, -0.05) is 6.07 Å². The molecule has 0 unspecified atom stereocenters. The van der Waals surface area contributed by atoms with Crippen LogP contribution in [0, 0.1) is 17.0 Å². The zero-order valence-electron chi connectivity index (χ0n) is 10.6. The summed E-state index contributed by atoms with van der Waals surface area (Å²) in [7, 11) is 0. The number of ether oxygens (including phenoxy) is 1. The lowest BCUT2D eigenvalue weighted by Crippen LogP contribution is -1.99. The number of nitro groups is 1. The third-order valence-corrected chi connectivity index (χ3v) is 2.69. The third-order valence-electron chi connectivity index (χ3n) is 2.69. The van der Waals surface area contributed by atoms with Crippen molar-refractivity contribution in [2.75, 3.05) is 0 Å². The number of hydrogen-bond donors (Lipinski definition) is 1. The van der Waals surface area contributed by atoms with Crippen LogP contribution in [-0.2, 0) is 0 Å². The predicted octanol–water partition coefficient (Wildman–Crippen LogP) is 3.39. The van der Waals surface area contributed by atoms with Gasteiger partial charge in [0.05, 0.1) is 16.6 Å². The molecule has 0 spiro atoms. The van der Waals surface area contributed by atoms with E-state index in [2.05, 4.69) is 0 Å². The second-order valence-corrected chi connectivity index (χ2v) is 4.14. The van der Waals surface area contributed by atoms with E-state index >= 15 is 0 Å². The number of non-ortho nitro benzene ring substituents is 1. The molecule has 0 saturated heterocycles. The largest absolute Gasteiger partial charge is 0.478 e. The number of hydrogen-bond acceptors (Lipinski definition) is 4. The Morgan fingerprint density at radius 2 is 1.90 bits per heavy atom. The molecule has 0 aliphatic rings. The van der Waals surface area contributed by atoms with E-state index < -0.39 is 10.9 Å². The van der Waals surface area contributed by atoms with Crippen LogP contribution < -0.4 is 4.74 Å². The van der Waals surface area contributed by atoms with Gasteiger partial charge in [-0.15, -0.1) is 0 Å². The van der Waals surface area contributed by atoms with Gasteiger partial charge in [-0.05, 0) is 36.8 Å². The minimum absolute atomic E-state index is 0.0682. The van der Waals surface area contributed by atoms with E-state index in [9.17, 15) is 14.9 Å². The standard InChI is InChI=1S/C14H11NO5/c1-9-7-12(5-6-13(9)14(16)17)20-11-4-2-3-10(8-11)15(18)19/h2-8H,1H3,(H,16,17). The first-order chi connectivity index (χ1) is 9.47. The van der Waals surface area contributed by atoms with E-state index in [1.807, 2.05) is 0 Å². The molecule has 0 heterocycles. The normalized spacial score (nSPS) is 10.1. The van der Waals surface area contributed by atoms with Crippen LogP contribution in [-0.4, -0.2) is 16.0 Å². The maximum atomic E-state index is 10.9. The lowest BCUT2D eigenvalue weighted by molar-refractivity contribution is -0.384. The van der Waals surface area contributed by atoms with Crippen molar-refractivity contribution in [3.63, 3.8) is 0 Å². The highest BCUT2D eigenvalue weighted by atomic mass is 16.6. The molecule has 6 heteroatoms. The molecule has 0 saturated carbocycles. The van der Waals surface area contributed by atoms with Gasteiger partial charge in [-0.25, -0.2) is 4.79 Å². The van der Waals surface area contributed by atoms with E-state index in [4.69, 9.17) is 9.84 Å². The number of nitrogens with zero attached hydrogens (tertiary/aromatic N) is 1. The van der Waals surface area contributed by atoms with Gasteiger partial charge in [0.25, 0.3) is 5.69 Å². The molecule has 102 valence electrons. The fourth-order valence-corrected chi connectivity index (χ4v) is 1.74. The lowest BCUT2D eigenvalue weighted by atomic mass is 10.1. The second kappa shape index (κ2) is 5.40. The van der Waals surface area contributed by atoms with Crippen LogP contribution in [0.5, 0.6) is 11.5 Å². The molecule has 0 bridgehead atoms. The monoisotopic (exact) mass is 273 g/mol. The lowest BCUT2D eigenvalue weighted by Gasteiger charge is -2.07. The first-order valence-corrected chi connectivity index (χ1v) is 5.73. The van der Waals surface area contributed by atoms with E-state index in [1.165, 1.54) is 30.3 Å². The molecule has 0 aliphatic heterocycles. The van der Waals surface area contributed by atoms with E-state index in [1.54, 1.807) is 19.1 Å². The van der Waals surface area contributed by atoms with Gasteiger partial charge in [0.15, 0.2) is 0 Å². The van der Waals surface area contributed by atoms with Gasteiger partial charge >= 0.3 is 5.97 Å². The van der Waals surface area contributed by atoms with Crippen molar-refractivity contribution < 1.29 is 19.6 Å². The number of aryl methyl sites for hydroxylation is 1. The van der Waals surface area contributed by atoms with Crippen molar-refractivity contribution in [1.82, 2.24) is 0 Å². The van der Waals surface area contributed by atoms with Crippen molar-refractivity contribution in [3.8, 4) is 11.5 Å². The van der Waals surface area contributed by atoms with Crippen LogP contribution in [0.3, 0.4) is 0 Å². The first-order valence-electron chi connectivity index (χ1n) is 5.73. The topological polar surface area (TPSA) is 89.7 Å². The molecule has 0 radical (unpaired) electrons. The number of carboxylic acids is 1. The molecule has 2 rings (SSSR count). The Bertz CT molecular complexity index is 681. The maximum absolute atomic E-state index is 10.9. The Morgan fingerprint density at radius 3 is 2.50 bits per heavy atom. The summed E-state index contributed by atoms with van der Waals surface area (Å²) in [6, 6.07) is 10.3. The van der Waals surface area contributed by atoms with E-state index in [0.717, 1.165) is 0 Å². The van der Waals surface area contributed by atoms with Crippen molar-refractivity contribution in [2.24, 2.45) is 0 Å². The molecule has 0 fully saturated rings. The summed E-state index contributed by atoms with van der Waals surface area (Å²) in [5.41, 5.74) is 0.679. The molecular weight excluding hydrogens is 262 g/mol. The molecule has 0 aromatic heterocycles. The molecule has 0 atom stereocenters. The third kappa shape index (κ3) is 2.92. The number of carbonyl (C=O) groups is 1. The minimum atomic E-state index is -1.01. The minimum Gasteiger partial charge on any atom is -0.478 e. The zero-order chi connectivity index (χ0) is 14.7. The molecule has 2 aromatic rings. The fraction of sp³-hybridized carbons (Fsp3) is 0.0714. The van der Waals surface area contributed by atoms with Crippen molar-refractivity contribution in [3.05, 3.63) is 63.7 Å². The van der Waals surface area contributed by atoms with Gasteiger partial charge in [0, 0.05) is 6.07 Å². The first kappa shape index (κ1) is 13.5. The van der Waals surface area contributed by atoms with Crippen LogP contribution >= 0.6 is 0 Å². The summed E-state index contributed by atoms with van der Waals surface area (Å²) < 4.78 is 5.49. The Morgan fingerprint density at radius 1 is 1.20 bits per heavy atom. The summed E-state index contributed by atoms with van der Waals surface area (Å²) in [5, 5.41) is 19.6. The fourth-order valence-electron chi connectivity index (χ4n) is 1.74. The molecule has 0 aliphatic carbocycles. The highest BCUT2D eigenvalue weighted by Crippen LogP contribution is 2.26. The van der Waals surface area contributed by atoms with Crippen molar-refractivity contribution in [2.45, 2.75) is 6.92 Å². The van der Waals surface area contributed by atoms with Crippen LogP contribution in [0.1, 0.15) is 15.9 Å². The number of carboxylic acid groups (broad SMARTS) is 1. The number of benzene rings is 2. The Kier molecular flexibility index (Phi) is 3.65.